The van der Waals surface area contributed by atoms with Crippen LogP contribution in [0.5, 0.6) is 0 Å². The van der Waals surface area contributed by atoms with Crippen molar-refractivity contribution in [3.8, 4) is 0 Å². The fraction of sp³-hybridized carbons (Fsp3) is 0.455. The number of carboxylic acid groups (broad SMARTS) is 1. The minimum Gasteiger partial charge on any atom is -0.481 e. The fourth-order valence-corrected chi connectivity index (χ4v) is 1.19. The Labute approximate surface area is 94.5 Å². The molecule has 1 atom stereocenters. The van der Waals surface area contributed by atoms with Gasteiger partial charge in [0.2, 0.25) is 0 Å². The molecule has 0 spiro atoms. The number of hydrogen-bond acceptors (Lipinski definition) is 4. The molecular weight excluding hydrogens is 208 g/mol. The Bertz CT molecular complexity index is 338. The predicted molar refractivity (Wildman–Crippen MR) is 60.7 cm³/mol. The van der Waals surface area contributed by atoms with Crippen LogP contribution in [0.25, 0.3) is 0 Å². The molecule has 88 valence electrons. The van der Waals surface area contributed by atoms with E-state index in [2.05, 4.69) is 10.3 Å². The third-order valence-electron chi connectivity index (χ3n) is 2.27. The van der Waals surface area contributed by atoms with Crippen LogP contribution in [0.15, 0.2) is 18.3 Å². The van der Waals surface area contributed by atoms with Crippen molar-refractivity contribution in [3.05, 3.63) is 23.9 Å². The van der Waals surface area contributed by atoms with E-state index in [1.807, 2.05) is 0 Å². The molecule has 0 aliphatic rings. The summed E-state index contributed by atoms with van der Waals surface area (Å²) in [4.78, 5) is 14.9. The molecule has 0 aliphatic carbocycles. The van der Waals surface area contributed by atoms with Gasteiger partial charge in [0.1, 0.15) is 5.82 Å². The first-order valence-electron chi connectivity index (χ1n) is 5.06. The highest BCUT2D eigenvalue weighted by molar-refractivity contribution is 5.75. The van der Waals surface area contributed by atoms with Crippen molar-refractivity contribution in [1.29, 1.82) is 0 Å². The minimum absolute atomic E-state index is 0.527. The second-order valence-electron chi connectivity index (χ2n) is 3.46. The third kappa shape index (κ3) is 3.51. The van der Waals surface area contributed by atoms with Crippen molar-refractivity contribution in [3.63, 3.8) is 0 Å². The lowest BCUT2D eigenvalue weighted by Crippen LogP contribution is -2.10. The van der Waals surface area contributed by atoms with Crippen molar-refractivity contribution >= 4 is 11.8 Å². The van der Waals surface area contributed by atoms with Gasteiger partial charge in [-0.25, -0.2) is 4.98 Å². The summed E-state index contributed by atoms with van der Waals surface area (Å²) in [7, 11) is 1.63. The summed E-state index contributed by atoms with van der Waals surface area (Å²) in [5, 5.41) is 11.9. The van der Waals surface area contributed by atoms with Crippen molar-refractivity contribution in [1.82, 2.24) is 4.98 Å². The maximum Gasteiger partial charge on any atom is 0.310 e. The molecule has 1 rings (SSSR count). The van der Waals surface area contributed by atoms with Gasteiger partial charge in [0.15, 0.2) is 0 Å². The number of hydrogen-bond donors (Lipinski definition) is 2. The van der Waals surface area contributed by atoms with Crippen LogP contribution in [0.4, 0.5) is 5.82 Å². The van der Waals surface area contributed by atoms with Crippen molar-refractivity contribution in [2.75, 3.05) is 25.6 Å². The van der Waals surface area contributed by atoms with Gasteiger partial charge < -0.3 is 15.2 Å². The molecule has 16 heavy (non-hydrogen) atoms. The summed E-state index contributed by atoms with van der Waals surface area (Å²) in [5.41, 5.74) is 0.699. The highest BCUT2D eigenvalue weighted by Crippen LogP contribution is 2.15. The number of carbonyl (C=O) groups is 1. The molecule has 1 heterocycles. The lowest BCUT2D eigenvalue weighted by Gasteiger charge is -2.08. The van der Waals surface area contributed by atoms with E-state index < -0.39 is 11.9 Å². The lowest BCUT2D eigenvalue weighted by molar-refractivity contribution is -0.138. The Kier molecular flexibility index (Phi) is 4.72. The van der Waals surface area contributed by atoms with Crippen LogP contribution in [0.1, 0.15) is 18.4 Å². The average molecular weight is 224 g/mol. The third-order valence-corrected chi connectivity index (χ3v) is 2.27. The maximum atomic E-state index is 10.7. The topological polar surface area (TPSA) is 71.5 Å². The molecule has 0 radical (unpaired) electrons. The van der Waals surface area contributed by atoms with Crippen molar-refractivity contribution < 1.29 is 14.6 Å². The number of methoxy groups -OCH3 is 1. The first kappa shape index (κ1) is 12.4. The summed E-state index contributed by atoms with van der Waals surface area (Å²) >= 11 is 0. The lowest BCUT2D eigenvalue weighted by atomic mass is 10.0. The number of aliphatic carboxylic acids is 1. The summed E-state index contributed by atoms with van der Waals surface area (Å²) in [5.74, 6) is -0.652. The molecule has 1 aromatic heterocycles. The second-order valence-corrected chi connectivity index (χ2v) is 3.46. The first-order valence-corrected chi connectivity index (χ1v) is 5.06. The van der Waals surface area contributed by atoms with Gasteiger partial charge in [0, 0.05) is 19.9 Å². The van der Waals surface area contributed by atoms with E-state index >= 15 is 0 Å². The fourth-order valence-electron chi connectivity index (χ4n) is 1.19. The number of pyridine rings is 1. The summed E-state index contributed by atoms with van der Waals surface area (Å²) in [6.07, 6.45) is 1.58. The number of nitrogens with one attached hydrogen (secondary N) is 1. The van der Waals surface area contributed by atoms with E-state index in [0.717, 1.165) is 5.82 Å². The summed E-state index contributed by atoms with van der Waals surface area (Å²) in [6, 6.07) is 3.53. The van der Waals surface area contributed by atoms with Crippen molar-refractivity contribution in [2.24, 2.45) is 0 Å². The normalized spacial score (nSPS) is 12.1. The van der Waals surface area contributed by atoms with E-state index in [-0.39, 0.29) is 0 Å². The van der Waals surface area contributed by atoms with E-state index in [4.69, 9.17) is 9.84 Å². The van der Waals surface area contributed by atoms with Gasteiger partial charge in [-0.15, -0.1) is 0 Å². The van der Waals surface area contributed by atoms with Crippen LogP contribution in [-0.2, 0) is 9.53 Å². The van der Waals surface area contributed by atoms with Crippen LogP contribution in [0.2, 0.25) is 0 Å². The molecule has 5 nitrogen and oxygen atoms in total. The molecule has 2 N–H and O–H groups in total. The zero-order valence-corrected chi connectivity index (χ0v) is 9.43. The average Bonchev–Trinajstić information content (AvgIpc) is 2.29. The van der Waals surface area contributed by atoms with Crippen LogP contribution in [0, 0.1) is 0 Å². The number of anilines is 1. The zero-order chi connectivity index (χ0) is 12.0. The smallest absolute Gasteiger partial charge is 0.310 e. The molecule has 0 fully saturated rings. The van der Waals surface area contributed by atoms with Gasteiger partial charge >= 0.3 is 5.97 Å². The quantitative estimate of drug-likeness (QED) is 0.713. The minimum atomic E-state index is -0.845. The molecule has 0 saturated heterocycles. The van der Waals surface area contributed by atoms with Crippen LogP contribution in [0.3, 0.4) is 0 Å². The molecule has 0 saturated carbocycles. The largest absolute Gasteiger partial charge is 0.481 e. The Balaban J connectivity index is 2.57. The molecular formula is C11H16N2O3. The summed E-state index contributed by atoms with van der Waals surface area (Å²) < 4.78 is 4.89. The molecule has 0 aliphatic heterocycles. The van der Waals surface area contributed by atoms with Gasteiger partial charge in [0.25, 0.3) is 0 Å². The zero-order valence-electron chi connectivity index (χ0n) is 9.43. The number of ether oxygens (including phenoxy) is 1. The molecule has 5 heteroatoms. The first-order chi connectivity index (χ1) is 7.65. The van der Waals surface area contributed by atoms with Gasteiger partial charge in [0.05, 0.1) is 12.5 Å². The molecule has 0 unspecified atom stereocenters. The highest BCUT2D eigenvalue weighted by Gasteiger charge is 2.13. The predicted octanol–water partition coefficient (Wildman–Crippen LogP) is 1.33. The number of rotatable bonds is 6. The van der Waals surface area contributed by atoms with Gasteiger partial charge in [-0.05, 0) is 18.6 Å². The summed E-state index contributed by atoms with van der Waals surface area (Å²) in [6.45, 7) is 2.92. The van der Waals surface area contributed by atoms with E-state index in [1.54, 1.807) is 32.4 Å². The standard InChI is InChI=1S/C11H16N2O3/c1-8(11(14)15)9-3-4-10(13-7-9)12-5-6-16-2/h3-4,7-8H,5-6H2,1-2H3,(H,12,13)(H,14,15)/t8-/m0/s1. The Morgan fingerprint density at radius 2 is 2.38 bits per heavy atom. The molecule has 0 amide bonds. The number of aromatic nitrogens is 1. The number of nitrogens with zero attached hydrogens (tertiary/aromatic N) is 1. The highest BCUT2D eigenvalue weighted by atomic mass is 16.5. The van der Waals surface area contributed by atoms with Crippen LogP contribution < -0.4 is 5.32 Å². The molecule has 0 bridgehead atoms. The van der Waals surface area contributed by atoms with Crippen molar-refractivity contribution in [2.45, 2.75) is 12.8 Å². The SMILES string of the molecule is COCCNc1ccc([C@H](C)C(=O)O)cn1. The van der Waals surface area contributed by atoms with Crippen LogP contribution in [-0.4, -0.2) is 36.3 Å². The Hall–Kier alpha value is -1.62. The van der Waals surface area contributed by atoms with E-state index in [1.165, 1.54) is 0 Å². The second kappa shape index (κ2) is 6.07. The monoisotopic (exact) mass is 224 g/mol. The van der Waals surface area contributed by atoms with Gasteiger partial charge in [-0.2, -0.15) is 0 Å². The van der Waals surface area contributed by atoms with Gasteiger partial charge in [-0.3, -0.25) is 4.79 Å². The van der Waals surface area contributed by atoms with Gasteiger partial charge in [-0.1, -0.05) is 6.07 Å². The number of carboxylic acids is 1. The molecule has 1 aromatic rings. The van der Waals surface area contributed by atoms with E-state index in [9.17, 15) is 4.79 Å². The molecule has 0 aromatic carbocycles. The van der Waals surface area contributed by atoms with Crippen LogP contribution >= 0.6 is 0 Å². The Morgan fingerprint density at radius 3 is 2.88 bits per heavy atom. The van der Waals surface area contributed by atoms with E-state index in [0.29, 0.717) is 18.7 Å². The Morgan fingerprint density at radius 1 is 1.62 bits per heavy atom. The maximum absolute atomic E-state index is 10.7.